The molecule has 6 heteroatoms. The molecule has 17 heavy (non-hydrogen) atoms. The maximum absolute atomic E-state index is 11.2. The van der Waals surface area contributed by atoms with E-state index in [1.165, 1.54) is 11.8 Å². The summed E-state index contributed by atoms with van der Waals surface area (Å²) in [7, 11) is 0. The molecule has 0 bridgehead atoms. The Balaban J connectivity index is 2.28. The summed E-state index contributed by atoms with van der Waals surface area (Å²) >= 11 is 3.06. The predicted molar refractivity (Wildman–Crippen MR) is 70.3 cm³/mol. The van der Waals surface area contributed by atoms with Crippen molar-refractivity contribution < 1.29 is 4.79 Å². The molecule has 0 saturated heterocycles. The Morgan fingerprint density at radius 1 is 1.47 bits per heavy atom. The first-order chi connectivity index (χ1) is 8.06. The second-order valence-corrected chi connectivity index (χ2v) is 5.65. The van der Waals surface area contributed by atoms with Gasteiger partial charge in [0.25, 0.3) is 5.91 Å². The van der Waals surface area contributed by atoms with Crippen LogP contribution in [0.25, 0.3) is 0 Å². The van der Waals surface area contributed by atoms with Gasteiger partial charge < -0.3 is 11.5 Å². The van der Waals surface area contributed by atoms with Crippen LogP contribution in [0, 0.1) is 6.92 Å². The summed E-state index contributed by atoms with van der Waals surface area (Å²) in [5.41, 5.74) is 12.6. The van der Waals surface area contributed by atoms with E-state index in [0.29, 0.717) is 11.3 Å². The zero-order valence-corrected chi connectivity index (χ0v) is 10.8. The third-order valence-corrected chi connectivity index (χ3v) is 4.14. The molecule has 1 heterocycles. The van der Waals surface area contributed by atoms with E-state index in [1.54, 1.807) is 23.5 Å². The molecule has 2 aromatic rings. The van der Waals surface area contributed by atoms with Crippen LogP contribution in [0.2, 0.25) is 0 Å². The molecule has 4 nitrogen and oxygen atoms in total. The molecule has 0 atom stereocenters. The lowest BCUT2D eigenvalue weighted by molar-refractivity contribution is 0.100. The molecule has 4 N–H and O–H groups in total. The molecular formula is C11H11N3OS2. The summed E-state index contributed by atoms with van der Waals surface area (Å²) < 4.78 is 0.933. The van der Waals surface area contributed by atoms with Crippen LogP contribution in [0.1, 0.15) is 16.1 Å². The van der Waals surface area contributed by atoms with Crippen LogP contribution in [0.3, 0.4) is 0 Å². The number of hydrogen-bond acceptors (Lipinski definition) is 5. The Labute approximate surface area is 107 Å². The van der Waals surface area contributed by atoms with E-state index in [9.17, 15) is 4.79 Å². The van der Waals surface area contributed by atoms with Crippen molar-refractivity contribution in [3.8, 4) is 0 Å². The number of rotatable bonds is 3. The molecule has 0 aliphatic carbocycles. The van der Waals surface area contributed by atoms with Gasteiger partial charge in [-0.15, -0.1) is 11.3 Å². The molecule has 0 aliphatic rings. The number of aromatic nitrogens is 1. The van der Waals surface area contributed by atoms with E-state index in [1.807, 2.05) is 18.4 Å². The van der Waals surface area contributed by atoms with Crippen molar-refractivity contribution in [2.75, 3.05) is 5.73 Å². The summed E-state index contributed by atoms with van der Waals surface area (Å²) in [4.78, 5) is 16.4. The van der Waals surface area contributed by atoms with Gasteiger partial charge in [0, 0.05) is 21.7 Å². The lowest BCUT2D eigenvalue weighted by Gasteiger charge is -2.04. The highest BCUT2D eigenvalue weighted by Crippen LogP contribution is 2.31. The highest BCUT2D eigenvalue weighted by molar-refractivity contribution is 8.01. The fraction of sp³-hybridized carbons (Fsp3) is 0.0909. The first kappa shape index (κ1) is 11.9. The number of carbonyl (C=O) groups excluding carboxylic acids is 1. The summed E-state index contributed by atoms with van der Waals surface area (Å²) in [6.07, 6.45) is 0. The normalized spacial score (nSPS) is 10.4. The fourth-order valence-electron chi connectivity index (χ4n) is 1.29. The van der Waals surface area contributed by atoms with E-state index < -0.39 is 5.91 Å². The van der Waals surface area contributed by atoms with Crippen molar-refractivity contribution in [2.24, 2.45) is 5.73 Å². The summed E-state index contributed by atoms with van der Waals surface area (Å²) in [5.74, 6) is -0.514. The molecule has 1 aromatic heterocycles. The van der Waals surface area contributed by atoms with E-state index in [0.717, 1.165) is 14.9 Å². The number of primary amides is 1. The quantitative estimate of drug-likeness (QED) is 0.834. The largest absolute Gasteiger partial charge is 0.398 e. The standard InChI is InChI=1S/C11H11N3OS2/c1-6-5-16-11(14-6)17-7-2-3-9(12)8(4-7)10(13)15/h2-5H,12H2,1H3,(H2,13,15). The van der Waals surface area contributed by atoms with Gasteiger partial charge in [0.1, 0.15) is 0 Å². The van der Waals surface area contributed by atoms with Gasteiger partial charge in [0.15, 0.2) is 4.34 Å². The average molecular weight is 265 g/mol. The number of nitrogen functional groups attached to an aromatic ring is 1. The van der Waals surface area contributed by atoms with Gasteiger partial charge >= 0.3 is 0 Å². The maximum atomic E-state index is 11.2. The van der Waals surface area contributed by atoms with Crippen molar-refractivity contribution >= 4 is 34.7 Å². The van der Waals surface area contributed by atoms with Crippen LogP contribution in [0.4, 0.5) is 5.69 Å². The minimum Gasteiger partial charge on any atom is -0.398 e. The van der Waals surface area contributed by atoms with E-state index in [4.69, 9.17) is 11.5 Å². The topological polar surface area (TPSA) is 82.0 Å². The highest BCUT2D eigenvalue weighted by Gasteiger charge is 2.08. The van der Waals surface area contributed by atoms with E-state index in [2.05, 4.69) is 4.98 Å². The molecule has 0 fully saturated rings. The molecule has 0 spiro atoms. The van der Waals surface area contributed by atoms with Crippen LogP contribution in [-0.4, -0.2) is 10.9 Å². The third-order valence-electron chi connectivity index (χ3n) is 2.09. The van der Waals surface area contributed by atoms with Crippen LogP contribution in [0.5, 0.6) is 0 Å². The molecule has 0 saturated carbocycles. The Morgan fingerprint density at radius 2 is 2.24 bits per heavy atom. The number of nitrogens with zero attached hydrogens (tertiary/aromatic N) is 1. The van der Waals surface area contributed by atoms with Crippen LogP contribution in [0.15, 0.2) is 32.8 Å². The Kier molecular flexibility index (Phi) is 3.35. The molecule has 0 radical (unpaired) electrons. The Hall–Kier alpha value is -1.53. The molecule has 1 aromatic carbocycles. The van der Waals surface area contributed by atoms with Crippen molar-refractivity contribution in [3.05, 3.63) is 34.8 Å². The number of benzene rings is 1. The molecule has 0 aliphatic heterocycles. The number of thiazole rings is 1. The van der Waals surface area contributed by atoms with Gasteiger partial charge in [-0.05, 0) is 25.1 Å². The van der Waals surface area contributed by atoms with E-state index >= 15 is 0 Å². The second-order valence-electron chi connectivity index (χ2n) is 3.47. The number of aryl methyl sites for hydroxylation is 1. The number of nitrogens with two attached hydrogens (primary N) is 2. The van der Waals surface area contributed by atoms with Crippen molar-refractivity contribution in [3.63, 3.8) is 0 Å². The zero-order chi connectivity index (χ0) is 12.4. The highest BCUT2D eigenvalue weighted by atomic mass is 32.2. The first-order valence-electron chi connectivity index (χ1n) is 4.85. The minimum atomic E-state index is -0.514. The average Bonchev–Trinajstić information content (AvgIpc) is 2.66. The number of hydrogen-bond donors (Lipinski definition) is 2. The maximum Gasteiger partial charge on any atom is 0.250 e. The lowest BCUT2D eigenvalue weighted by atomic mass is 10.2. The van der Waals surface area contributed by atoms with Gasteiger partial charge in [-0.25, -0.2) is 4.98 Å². The first-order valence-corrected chi connectivity index (χ1v) is 6.55. The molecule has 2 rings (SSSR count). The molecule has 88 valence electrons. The lowest BCUT2D eigenvalue weighted by Crippen LogP contribution is -2.13. The van der Waals surface area contributed by atoms with Crippen molar-refractivity contribution in [1.82, 2.24) is 4.98 Å². The molecule has 0 unspecified atom stereocenters. The zero-order valence-electron chi connectivity index (χ0n) is 9.14. The second kappa shape index (κ2) is 4.77. The fourth-order valence-corrected chi connectivity index (χ4v) is 3.14. The van der Waals surface area contributed by atoms with Gasteiger partial charge in [-0.1, -0.05) is 11.8 Å². The number of carbonyl (C=O) groups is 1. The van der Waals surface area contributed by atoms with Gasteiger partial charge in [0.05, 0.1) is 5.56 Å². The van der Waals surface area contributed by atoms with Gasteiger partial charge in [-0.2, -0.15) is 0 Å². The molecular weight excluding hydrogens is 254 g/mol. The van der Waals surface area contributed by atoms with Gasteiger partial charge in [0.2, 0.25) is 0 Å². The number of anilines is 1. The summed E-state index contributed by atoms with van der Waals surface area (Å²) in [6.45, 7) is 1.94. The van der Waals surface area contributed by atoms with Crippen LogP contribution >= 0.6 is 23.1 Å². The Morgan fingerprint density at radius 3 is 2.82 bits per heavy atom. The van der Waals surface area contributed by atoms with Gasteiger partial charge in [-0.3, -0.25) is 4.79 Å². The summed E-state index contributed by atoms with van der Waals surface area (Å²) in [5, 5.41) is 1.98. The molecule has 1 amide bonds. The van der Waals surface area contributed by atoms with Crippen LogP contribution in [-0.2, 0) is 0 Å². The monoisotopic (exact) mass is 265 g/mol. The predicted octanol–water partition coefficient (Wildman–Crippen LogP) is 2.28. The van der Waals surface area contributed by atoms with Crippen molar-refractivity contribution in [1.29, 1.82) is 0 Å². The number of amides is 1. The third kappa shape index (κ3) is 2.78. The van der Waals surface area contributed by atoms with E-state index in [-0.39, 0.29) is 0 Å². The minimum absolute atomic E-state index is 0.350. The Bertz CT molecular complexity index is 566. The SMILES string of the molecule is Cc1csc(Sc2ccc(N)c(C(N)=O)c2)n1. The van der Waals surface area contributed by atoms with Crippen LogP contribution < -0.4 is 11.5 Å². The van der Waals surface area contributed by atoms with Crippen molar-refractivity contribution in [2.45, 2.75) is 16.2 Å². The summed E-state index contributed by atoms with van der Waals surface area (Å²) in [6, 6.07) is 5.23. The smallest absolute Gasteiger partial charge is 0.250 e.